The fraction of sp³-hybridized carbons (Fsp3) is 0.579. The van der Waals surface area contributed by atoms with Gasteiger partial charge in [-0.3, -0.25) is 0 Å². The van der Waals surface area contributed by atoms with E-state index in [1.54, 1.807) is 0 Å². The Bertz CT molecular complexity index is 474. The van der Waals surface area contributed by atoms with Crippen molar-refractivity contribution in [1.29, 1.82) is 0 Å². The van der Waals surface area contributed by atoms with E-state index in [2.05, 4.69) is 13.0 Å². The minimum absolute atomic E-state index is 0.0160. The van der Waals surface area contributed by atoms with E-state index >= 15 is 0 Å². The Morgan fingerprint density at radius 3 is 2.74 bits per heavy atom. The molecule has 4 nitrogen and oxygen atoms in total. The molecule has 23 heavy (non-hydrogen) atoms. The molecule has 0 radical (unpaired) electrons. The summed E-state index contributed by atoms with van der Waals surface area (Å²) in [7, 11) is 0. The molecule has 0 amide bonds. The molecule has 1 aliphatic rings. The van der Waals surface area contributed by atoms with Crippen LogP contribution in [0.3, 0.4) is 0 Å². The summed E-state index contributed by atoms with van der Waals surface area (Å²) in [5.74, 6) is 0.163. The van der Waals surface area contributed by atoms with Crippen LogP contribution >= 0.6 is 0 Å². The summed E-state index contributed by atoms with van der Waals surface area (Å²) >= 11 is 0. The molecule has 0 unspecified atom stereocenters. The Hall–Kier alpha value is -1.20. The summed E-state index contributed by atoms with van der Waals surface area (Å²) in [6.07, 6.45) is 3.53. The van der Waals surface area contributed by atoms with E-state index in [0.29, 0.717) is 13.2 Å². The summed E-state index contributed by atoms with van der Waals surface area (Å²) in [4.78, 5) is 0. The molecule has 1 aromatic carbocycles. The Morgan fingerprint density at radius 2 is 2.04 bits per heavy atom. The van der Waals surface area contributed by atoms with Crippen molar-refractivity contribution in [1.82, 2.24) is 0 Å². The first-order valence-electron chi connectivity index (χ1n) is 8.34. The van der Waals surface area contributed by atoms with Gasteiger partial charge in [0.1, 0.15) is 6.10 Å². The van der Waals surface area contributed by atoms with Crippen LogP contribution < -0.4 is 0 Å². The van der Waals surface area contributed by atoms with Gasteiger partial charge in [0.2, 0.25) is 0 Å². The average Bonchev–Trinajstić information content (AvgIpc) is 2.56. The molecule has 0 fully saturated rings. The van der Waals surface area contributed by atoms with Crippen molar-refractivity contribution in [3.63, 3.8) is 0 Å². The van der Waals surface area contributed by atoms with Crippen molar-refractivity contribution >= 4 is 0 Å². The summed E-state index contributed by atoms with van der Waals surface area (Å²) in [6, 6.07) is 10.1. The fourth-order valence-electron chi connectivity index (χ4n) is 2.80. The van der Waals surface area contributed by atoms with E-state index in [-0.39, 0.29) is 24.5 Å². The van der Waals surface area contributed by atoms with Crippen LogP contribution in [0.2, 0.25) is 0 Å². The van der Waals surface area contributed by atoms with Gasteiger partial charge in [0.05, 0.1) is 32.0 Å². The van der Waals surface area contributed by atoms with E-state index in [9.17, 15) is 10.2 Å². The molecule has 0 bridgehead atoms. The van der Waals surface area contributed by atoms with Crippen molar-refractivity contribution in [3.8, 4) is 0 Å². The minimum Gasteiger partial charge on any atom is -0.394 e. The number of hydrogen-bond donors (Lipinski definition) is 2. The highest BCUT2D eigenvalue weighted by molar-refractivity contribution is 5.13. The summed E-state index contributed by atoms with van der Waals surface area (Å²) in [5, 5.41) is 19.7. The molecule has 5 atom stereocenters. The Labute approximate surface area is 138 Å². The topological polar surface area (TPSA) is 58.9 Å². The molecule has 1 heterocycles. The zero-order chi connectivity index (χ0) is 16.7. The van der Waals surface area contributed by atoms with Gasteiger partial charge in [-0.05, 0) is 12.0 Å². The molecule has 1 aliphatic heterocycles. The molecule has 2 N–H and O–H groups in total. The van der Waals surface area contributed by atoms with Crippen molar-refractivity contribution in [3.05, 3.63) is 48.0 Å². The van der Waals surface area contributed by atoms with Crippen LogP contribution in [-0.2, 0) is 16.1 Å². The maximum atomic E-state index is 10.2. The highest BCUT2D eigenvalue weighted by Crippen LogP contribution is 2.23. The quantitative estimate of drug-likeness (QED) is 0.791. The van der Waals surface area contributed by atoms with Gasteiger partial charge in [-0.2, -0.15) is 0 Å². The second-order valence-corrected chi connectivity index (χ2v) is 6.39. The standard InChI is InChI=1S/C19H28O4/c1-14-7-6-10-17(23-18(11-20)19(14)21)15(2)12-22-13-16-8-4-3-5-9-16/h3-9,14-15,17-21H,10-13H2,1-2H3/b7-6-/t14-,15+,17-,18+,19+/m0/s1. The lowest BCUT2D eigenvalue weighted by atomic mass is 9.94. The minimum atomic E-state index is -0.684. The molecular formula is C19H28O4. The van der Waals surface area contributed by atoms with Crippen LogP contribution in [0.4, 0.5) is 0 Å². The summed E-state index contributed by atoms with van der Waals surface area (Å²) in [6.45, 7) is 5.00. The first-order chi connectivity index (χ1) is 11.1. The number of rotatable bonds is 6. The van der Waals surface area contributed by atoms with Gasteiger partial charge in [0.15, 0.2) is 0 Å². The van der Waals surface area contributed by atoms with Gasteiger partial charge in [0, 0.05) is 11.8 Å². The lowest BCUT2D eigenvalue weighted by Gasteiger charge is -2.33. The number of aliphatic hydroxyl groups is 2. The van der Waals surface area contributed by atoms with E-state index in [4.69, 9.17) is 9.47 Å². The zero-order valence-corrected chi connectivity index (χ0v) is 14.0. The summed E-state index contributed by atoms with van der Waals surface area (Å²) < 4.78 is 11.8. The van der Waals surface area contributed by atoms with E-state index in [1.807, 2.05) is 43.3 Å². The zero-order valence-electron chi connectivity index (χ0n) is 14.0. The first kappa shape index (κ1) is 18.1. The van der Waals surface area contributed by atoms with Gasteiger partial charge < -0.3 is 19.7 Å². The summed E-state index contributed by atoms with van der Waals surface area (Å²) in [5.41, 5.74) is 1.15. The first-order valence-corrected chi connectivity index (χ1v) is 8.34. The van der Waals surface area contributed by atoms with Crippen LogP contribution in [-0.4, -0.2) is 41.7 Å². The predicted molar refractivity (Wildman–Crippen MR) is 89.9 cm³/mol. The molecule has 2 rings (SSSR count). The lowest BCUT2D eigenvalue weighted by Crippen LogP contribution is -2.42. The van der Waals surface area contributed by atoms with Crippen molar-refractivity contribution < 1.29 is 19.7 Å². The largest absolute Gasteiger partial charge is 0.394 e. The van der Waals surface area contributed by atoms with E-state index in [0.717, 1.165) is 12.0 Å². The molecule has 1 aromatic rings. The van der Waals surface area contributed by atoms with E-state index < -0.39 is 12.2 Å². The van der Waals surface area contributed by atoms with Crippen LogP contribution in [0.15, 0.2) is 42.5 Å². The number of hydrogen-bond acceptors (Lipinski definition) is 4. The lowest BCUT2D eigenvalue weighted by molar-refractivity contribution is -0.129. The van der Waals surface area contributed by atoms with E-state index in [1.165, 1.54) is 0 Å². The van der Waals surface area contributed by atoms with Gasteiger partial charge >= 0.3 is 0 Å². The molecule has 0 aliphatic carbocycles. The predicted octanol–water partition coefficient (Wildman–Crippen LogP) is 2.54. The molecule has 0 aromatic heterocycles. The van der Waals surface area contributed by atoms with Crippen LogP contribution in [0.1, 0.15) is 25.8 Å². The Morgan fingerprint density at radius 1 is 1.30 bits per heavy atom. The van der Waals surface area contributed by atoms with Crippen molar-refractivity contribution in [2.45, 2.75) is 45.2 Å². The SMILES string of the molecule is C[C@H](COCc1ccccc1)[C@@H]1C/C=C\[C@H](C)[C@@H](O)[C@@H](CO)O1. The molecule has 4 heteroatoms. The van der Waals surface area contributed by atoms with Gasteiger partial charge in [-0.1, -0.05) is 56.3 Å². The highest BCUT2D eigenvalue weighted by atomic mass is 16.5. The molecule has 0 saturated heterocycles. The second kappa shape index (κ2) is 9.18. The second-order valence-electron chi connectivity index (χ2n) is 6.39. The smallest absolute Gasteiger partial charge is 0.107 e. The molecule has 0 spiro atoms. The number of benzene rings is 1. The van der Waals surface area contributed by atoms with Crippen molar-refractivity contribution in [2.24, 2.45) is 11.8 Å². The fourth-order valence-corrected chi connectivity index (χ4v) is 2.80. The third-order valence-corrected chi connectivity index (χ3v) is 4.38. The third-order valence-electron chi connectivity index (χ3n) is 4.38. The molecule has 0 saturated carbocycles. The van der Waals surface area contributed by atoms with Crippen LogP contribution in [0.5, 0.6) is 0 Å². The highest BCUT2D eigenvalue weighted by Gasteiger charge is 2.30. The monoisotopic (exact) mass is 320 g/mol. The maximum Gasteiger partial charge on any atom is 0.107 e. The number of aliphatic hydroxyl groups excluding tert-OH is 2. The molecular weight excluding hydrogens is 292 g/mol. The normalized spacial score (nSPS) is 31.1. The third kappa shape index (κ3) is 5.43. The molecule has 128 valence electrons. The van der Waals surface area contributed by atoms with Crippen molar-refractivity contribution in [2.75, 3.05) is 13.2 Å². The maximum absolute atomic E-state index is 10.2. The Balaban J connectivity index is 1.87. The van der Waals surface area contributed by atoms with Crippen LogP contribution in [0, 0.1) is 11.8 Å². The van der Waals surface area contributed by atoms with Gasteiger partial charge in [-0.15, -0.1) is 0 Å². The van der Waals surface area contributed by atoms with Gasteiger partial charge in [0.25, 0.3) is 0 Å². The van der Waals surface area contributed by atoms with Crippen LogP contribution in [0.25, 0.3) is 0 Å². The van der Waals surface area contributed by atoms with Gasteiger partial charge in [-0.25, -0.2) is 0 Å². The Kier molecular flexibility index (Phi) is 7.24. The number of ether oxygens (including phenoxy) is 2. The average molecular weight is 320 g/mol.